The molecular weight excluding hydrogens is 447 g/mol. The molecule has 3 aromatic carbocycles. The smallest absolute Gasteiger partial charge is 0.273 e. The summed E-state index contributed by atoms with van der Waals surface area (Å²) in [6.07, 6.45) is 1.94. The number of para-hydroxylation sites is 1. The Hall–Kier alpha value is -3.41. The van der Waals surface area contributed by atoms with Crippen molar-refractivity contribution < 1.29 is 14.4 Å². The Morgan fingerprint density at radius 3 is 2.38 bits per heavy atom. The van der Waals surface area contributed by atoms with Gasteiger partial charge in [-0.1, -0.05) is 65.7 Å². The summed E-state index contributed by atoms with van der Waals surface area (Å²) < 4.78 is 0. The van der Waals surface area contributed by atoms with E-state index >= 15 is 0 Å². The molecule has 5 nitrogen and oxygen atoms in total. The van der Waals surface area contributed by atoms with Crippen LogP contribution in [0.1, 0.15) is 22.3 Å². The van der Waals surface area contributed by atoms with Crippen molar-refractivity contribution in [1.29, 1.82) is 0 Å². The molecule has 3 aromatic rings. The van der Waals surface area contributed by atoms with Crippen LogP contribution < -0.4 is 10.2 Å². The lowest BCUT2D eigenvalue weighted by Gasteiger charge is -2.27. The van der Waals surface area contributed by atoms with Crippen LogP contribution in [0.2, 0.25) is 10.0 Å². The highest BCUT2D eigenvalue weighted by Crippen LogP contribution is 2.28. The average Bonchev–Trinajstić information content (AvgIpc) is 2.75. The summed E-state index contributed by atoms with van der Waals surface area (Å²) in [5.74, 6) is -1.45. The molecule has 1 aliphatic rings. The second kappa shape index (κ2) is 8.99. The standard InChI is InChI=1S/C25H18Cl2N2O3/c1-15-6-2-5-9-22(15)29-24(31)20(23(30)28-25(29)32)14-18-13-19(26)11-10-16(18)12-17-7-3-4-8-21(17)27/h2-11,13-14H,12H2,1H3,(H,28,30,32)/b20-14+. The Bertz CT molecular complexity index is 1280. The minimum atomic E-state index is -0.783. The highest BCUT2D eigenvalue weighted by Gasteiger charge is 2.37. The van der Waals surface area contributed by atoms with E-state index in [1.54, 1.807) is 49.4 Å². The number of benzene rings is 3. The molecule has 1 aliphatic heterocycles. The summed E-state index contributed by atoms with van der Waals surface area (Å²) in [6.45, 7) is 1.79. The number of carbonyl (C=O) groups excluding carboxylic acids is 3. The van der Waals surface area contributed by atoms with Crippen molar-refractivity contribution in [1.82, 2.24) is 5.32 Å². The molecule has 4 amide bonds. The Morgan fingerprint density at radius 1 is 0.906 bits per heavy atom. The highest BCUT2D eigenvalue weighted by molar-refractivity contribution is 6.39. The number of rotatable bonds is 4. The number of hydrogen-bond acceptors (Lipinski definition) is 3. The number of nitrogens with zero attached hydrogens (tertiary/aromatic N) is 1. The first kappa shape index (κ1) is 21.8. The first-order valence-electron chi connectivity index (χ1n) is 9.84. The van der Waals surface area contributed by atoms with E-state index in [-0.39, 0.29) is 5.57 Å². The molecule has 0 aliphatic carbocycles. The van der Waals surface area contributed by atoms with Crippen molar-refractivity contribution >= 4 is 52.8 Å². The van der Waals surface area contributed by atoms with Gasteiger partial charge in [0.1, 0.15) is 5.57 Å². The summed E-state index contributed by atoms with van der Waals surface area (Å²) in [4.78, 5) is 39.3. The molecule has 0 bridgehead atoms. The molecule has 0 saturated carbocycles. The number of nitrogens with one attached hydrogen (secondary N) is 1. The molecule has 1 heterocycles. The number of hydrogen-bond donors (Lipinski definition) is 1. The lowest BCUT2D eigenvalue weighted by molar-refractivity contribution is -0.122. The van der Waals surface area contributed by atoms with Gasteiger partial charge in [0, 0.05) is 10.0 Å². The normalized spacial score (nSPS) is 15.3. The number of barbiturate groups is 1. The first-order valence-corrected chi connectivity index (χ1v) is 10.6. The zero-order chi connectivity index (χ0) is 22.8. The van der Waals surface area contributed by atoms with Crippen molar-refractivity contribution in [2.45, 2.75) is 13.3 Å². The third kappa shape index (κ3) is 4.31. The number of halogens is 2. The van der Waals surface area contributed by atoms with Crippen LogP contribution in [0.4, 0.5) is 10.5 Å². The van der Waals surface area contributed by atoms with Crippen LogP contribution in [0, 0.1) is 6.92 Å². The third-order valence-electron chi connectivity index (χ3n) is 5.20. The van der Waals surface area contributed by atoms with Crippen LogP contribution in [0.25, 0.3) is 6.08 Å². The van der Waals surface area contributed by atoms with Gasteiger partial charge in [0.2, 0.25) is 0 Å². The molecule has 1 saturated heterocycles. The quantitative estimate of drug-likeness (QED) is 0.405. The molecule has 0 radical (unpaired) electrons. The lowest BCUT2D eigenvalue weighted by Crippen LogP contribution is -2.54. The summed E-state index contributed by atoms with van der Waals surface area (Å²) in [7, 11) is 0. The van der Waals surface area contributed by atoms with Crippen LogP contribution in [-0.4, -0.2) is 17.8 Å². The van der Waals surface area contributed by atoms with E-state index in [4.69, 9.17) is 23.2 Å². The van der Waals surface area contributed by atoms with Crippen molar-refractivity contribution in [3.05, 3.63) is 105 Å². The summed E-state index contributed by atoms with van der Waals surface area (Å²) >= 11 is 12.5. The van der Waals surface area contributed by atoms with E-state index in [0.29, 0.717) is 27.7 Å². The van der Waals surface area contributed by atoms with E-state index in [9.17, 15) is 14.4 Å². The zero-order valence-electron chi connectivity index (χ0n) is 17.1. The molecule has 0 aromatic heterocycles. The van der Waals surface area contributed by atoms with Gasteiger partial charge in [0.05, 0.1) is 5.69 Å². The van der Waals surface area contributed by atoms with E-state index in [0.717, 1.165) is 21.6 Å². The van der Waals surface area contributed by atoms with Crippen molar-refractivity contribution in [2.75, 3.05) is 4.90 Å². The van der Waals surface area contributed by atoms with Crippen LogP contribution in [0.15, 0.2) is 72.3 Å². The van der Waals surface area contributed by atoms with Gasteiger partial charge < -0.3 is 0 Å². The summed E-state index contributed by atoms with van der Waals surface area (Å²) in [6, 6.07) is 18.9. The number of aryl methyl sites for hydroxylation is 1. The Balaban J connectivity index is 1.77. The van der Waals surface area contributed by atoms with Crippen LogP contribution in [-0.2, 0) is 16.0 Å². The van der Waals surface area contributed by atoms with Gasteiger partial charge in [0.15, 0.2) is 0 Å². The molecule has 7 heteroatoms. The van der Waals surface area contributed by atoms with Crippen molar-refractivity contribution in [2.24, 2.45) is 0 Å². The Morgan fingerprint density at radius 2 is 1.62 bits per heavy atom. The zero-order valence-corrected chi connectivity index (χ0v) is 18.6. The van der Waals surface area contributed by atoms with Gasteiger partial charge in [-0.3, -0.25) is 14.9 Å². The number of amides is 4. The van der Waals surface area contributed by atoms with E-state index in [2.05, 4.69) is 5.32 Å². The molecule has 4 rings (SSSR count). The average molecular weight is 465 g/mol. The molecule has 1 fully saturated rings. The third-order valence-corrected chi connectivity index (χ3v) is 5.81. The summed E-state index contributed by atoms with van der Waals surface area (Å²) in [5.41, 5.74) is 3.30. The van der Waals surface area contributed by atoms with Gasteiger partial charge in [0.25, 0.3) is 11.8 Å². The fraction of sp³-hybridized carbons (Fsp3) is 0.0800. The molecule has 1 N–H and O–H groups in total. The number of carbonyl (C=O) groups is 3. The second-order valence-electron chi connectivity index (χ2n) is 7.36. The van der Waals surface area contributed by atoms with E-state index < -0.39 is 17.8 Å². The predicted molar refractivity (Wildman–Crippen MR) is 126 cm³/mol. The largest absolute Gasteiger partial charge is 0.335 e. The molecular formula is C25H18Cl2N2O3. The monoisotopic (exact) mass is 464 g/mol. The van der Waals surface area contributed by atoms with Crippen molar-refractivity contribution in [3.63, 3.8) is 0 Å². The SMILES string of the molecule is Cc1ccccc1N1C(=O)NC(=O)/C(=C\c2cc(Cl)ccc2Cc2ccccc2Cl)C1=O. The Labute approximate surface area is 195 Å². The van der Waals surface area contributed by atoms with Gasteiger partial charge in [-0.2, -0.15) is 0 Å². The topological polar surface area (TPSA) is 66.5 Å². The number of anilines is 1. The maximum atomic E-state index is 13.2. The van der Waals surface area contributed by atoms with Crippen LogP contribution in [0.5, 0.6) is 0 Å². The maximum absolute atomic E-state index is 13.2. The first-order chi connectivity index (χ1) is 15.3. The minimum absolute atomic E-state index is 0.157. The lowest BCUT2D eigenvalue weighted by atomic mass is 9.97. The maximum Gasteiger partial charge on any atom is 0.335 e. The van der Waals surface area contributed by atoms with Crippen LogP contribution in [0.3, 0.4) is 0 Å². The summed E-state index contributed by atoms with van der Waals surface area (Å²) in [5, 5.41) is 3.32. The fourth-order valence-electron chi connectivity index (χ4n) is 3.55. The van der Waals surface area contributed by atoms with E-state index in [1.165, 1.54) is 6.08 Å². The second-order valence-corrected chi connectivity index (χ2v) is 8.20. The molecule has 0 unspecified atom stereocenters. The van der Waals surface area contributed by atoms with Gasteiger partial charge in [-0.25, -0.2) is 9.69 Å². The Kier molecular flexibility index (Phi) is 6.12. The van der Waals surface area contributed by atoms with Gasteiger partial charge >= 0.3 is 6.03 Å². The molecule has 160 valence electrons. The van der Waals surface area contributed by atoms with Crippen molar-refractivity contribution in [3.8, 4) is 0 Å². The van der Waals surface area contributed by atoms with Gasteiger partial charge in [-0.15, -0.1) is 0 Å². The molecule has 0 atom stereocenters. The minimum Gasteiger partial charge on any atom is -0.273 e. The molecule has 0 spiro atoms. The number of urea groups is 1. The highest BCUT2D eigenvalue weighted by atomic mass is 35.5. The van der Waals surface area contributed by atoms with Crippen LogP contribution >= 0.6 is 23.2 Å². The predicted octanol–water partition coefficient (Wildman–Crippen LogP) is 5.56. The fourth-order valence-corrected chi connectivity index (χ4v) is 3.94. The van der Waals surface area contributed by atoms with Gasteiger partial charge in [-0.05, 0) is 65.9 Å². The van der Waals surface area contributed by atoms with E-state index in [1.807, 2.05) is 24.3 Å². The molecule has 32 heavy (non-hydrogen) atoms. The number of imide groups is 2.